The molecule has 170 valence electrons. The summed E-state index contributed by atoms with van der Waals surface area (Å²) in [5.41, 5.74) is 1.79. The molecule has 33 heavy (non-hydrogen) atoms. The lowest BCUT2D eigenvalue weighted by Crippen LogP contribution is -2.32. The number of benzene rings is 2. The second kappa shape index (κ2) is 8.30. The molecule has 8 heteroatoms. The maximum absolute atomic E-state index is 13.0. The van der Waals surface area contributed by atoms with Crippen LogP contribution in [0.2, 0.25) is 5.02 Å². The molecular formula is C25H23ClN2O5. The molecule has 3 fully saturated rings. The third kappa shape index (κ3) is 3.70. The zero-order chi connectivity index (χ0) is 23.3. The van der Waals surface area contributed by atoms with E-state index in [4.69, 9.17) is 16.3 Å². The van der Waals surface area contributed by atoms with Gasteiger partial charge in [0, 0.05) is 10.7 Å². The van der Waals surface area contributed by atoms with E-state index < -0.39 is 18.5 Å². The van der Waals surface area contributed by atoms with E-state index in [1.165, 1.54) is 17.0 Å². The second-order valence-corrected chi connectivity index (χ2v) is 9.39. The van der Waals surface area contributed by atoms with Gasteiger partial charge in [0.05, 0.1) is 23.1 Å². The highest BCUT2D eigenvalue weighted by Gasteiger charge is 2.61. The van der Waals surface area contributed by atoms with Gasteiger partial charge in [0.15, 0.2) is 6.61 Å². The standard InChI is InChI=1S/C25H23ClN2O5/c1-13-18(26)6-3-7-19(13)27-20(29)12-33-25(32)16-4-2-5-17(11-16)28-23(30)21-14-8-9-15(10-14)22(21)24(28)31/h2-7,11,14-15,21-22H,8-10,12H2,1H3,(H,27,29)/t14-,15-,21-,22+/m0/s1. The van der Waals surface area contributed by atoms with Crippen LogP contribution < -0.4 is 10.2 Å². The van der Waals surface area contributed by atoms with Crippen LogP contribution in [0.3, 0.4) is 0 Å². The molecular weight excluding hydrogens is 444 g/mol. The van der Waals surface area contributed by atoms with Crippen LogP contribution in [-0.2, 0) is 19.1 Å². The minimum absolute atomic E-state index is 0.167. The van der Waals surface area contributed by atoms with Crippen molar-refractivity contribution in [3.05, 3.63) is 58.6 Å². The summed E-state index contributed by atoms with van der Waals surface area (Å²) in [6.45, 7) is 1.29. The third-order valence-corrected chi connectivity index (χ3v) is 7.55. The van der Waals surface area contributed by atoms with Gasteiger partial charge in [-0.3, -0.25) is 19.3 Å². The highest BCUT2D eigenvalue weighted by atomic mass is 35.5. The van der Waals surface area contributed by atoms with Gasteiger partial charge in [-0.25, -0.2) is 4.79 Å². The van der Waals surface area contributed by atoms with Crippen LogP contribution in [0.5, 0.6) is 0 Å². The predicted molar refractivity (Wildman–Crippen MR) is 122 cm³/mol. The number of nitrogens with zero attached hydrogens (tertiary/aromatic N) is 1. The number of carbonyl (C=O) groups is 4. The van der Waals surface area contributed by atoms with Gasteiger partial charge >= 0.3 is 5.97 Å². The van der Waals surface area contributed by atoms with Gasteiger partial charge in [-0.15, -0.1) is 0 Å². The average Bonchev–Trinajstić information content (AvgIpc) is 3.49. The lowest BCUT2D eigenvalue weighted by atomic mass is 9.81. The van der Waals surface area contributed by atoms with E-state index in [2.05, 4.69) is 5.32 Å². The first-order valence-electron chi connectivity index (χ1n) is 11.0. The number of hydrogen-bond acceptors (Lipinski definition) is 5. The van der Waals surface area contributed by atoms with Crippen LogP contribution in [0.4, 0.5) is 11.4 Å². The fourth-order valence-corrected chi connectivity index (χ4v) is 5.75. The molecule has 1 N–H and O–H groups in total. The molecule has 0 aromatic heterocycles. The summed E-state index contributed by atoms with van der Waals surface area (Å²) >= 11 is 6.06. The Morgan fingerprint density at radius 1 is 1.06 bits per heavy atom. The van der Waals surface area contributed by atoms with Crippen LogP contribution >= 0.6 is 11.6 Å². The molecule has 2 aromatic carbocycles. The maximum Gasteiger partial charge on any atom is 0.338 e. The van der Waals surface area contributed by atoms with Crippen molar-refractivity contribution in [3.63, 3.8) is 0 Å². The normalized spacial score (nSPS) is 25.3. The van der Waals surface area contributed by atoms with E-state index in [1.54, 1.807) is 37.3 Å². The van der Waals surface area contributed by atoms with Gasteiger partial charge in [-0.1, -0.05) is 23.7 Å². The Kier molecular flexibility index (Phi) is 5.44. The zero-order valence-corrected chi connectivity index (χ0v) is 18.8. The fraction of sp³-hybridized carbons (Fsp3) is 0.360. The van der Waals surface area contributed by atoms with Crippen molar-refractivity contribution in [2.45, 2.75) is 26.2 Å². The van der Waals surface area contributed by atoms with Crippen LogP contribution in [0.25, 0.3) is 0 Å². The minimum atomic E-state index is -0.714. The van der Waals surface area contributed by atoms with Gasteiger partial charge in [0.2, 0.25) is 11.8 Å². The zero-order valence-electron chi connectivity index (χ0n) is 18.0. The van der Waals surface area contributed by atoms with Crippen molar-refractivity contribution in [1.82, 2.24) is 0 Å². The first-order chi connectivity index (χ1) is 15.8. The highest BCUT2D eigenvalue weighted by Crippen LogP contribution is 2.56. The topological polar surface area (TPSA) is 92.8 Å². The van der Waals surface area contributed by atoms with Crippen molar-refractivity contribution in [3.8, 4) is 0 Å². The average molecular weight is 467 g/mol. The summed E-state index contributed by atoms with van der Waals surface area (Å²) in [4.78, 5) is 52.1. The number of anilines is 2. The van der Waals surface area contributed by atoms with E-state index in [9.17, 15) is 19.2 Å². The van der Waals surface area contributed by atoms with E-state index >= 15 is 0 Å². The van der Waals surface area contributed by atoms with E-state index in [1.807, 2.05) is 0 Å². The van der Waals surface area contributed by atoms with Gasteiger partial charge in [-0.2, -0.15) is 0 Å². The summed E-state index contributed by atoms with van der Waals surface area (Å²) in [5, 5.41) is 3.18. The van der Waals surface area contributed by atoms with Crippen LogP contribution in [0.1, 0.15) is 35.2 Å². The molecule has 3 amide bonds. The lowest BCUT2D eigenvalue weighted by molar-refractivity contribution is -0.123. The molecule has 1 aliphatic heterocycles. The Labute approximate surface area is 196 Å². The molecule has 2 saturated carbocycles. The third-order valence-electron chi connectivity index (χ3n) is 7.14. The monoisotopic (exact) mass is 466 g/mol. The summed E-state index contributed by atoms with van der Waals surface area (Å²) in [6, 6.07) is 11.4. The highest BCUT2D eigenvalue weighted by molar-refractivity contribution is 6.31. The molecule has 0 unspecified atom stereocenters. The van der Waals surface area contributed by atoms with Gasteiger partial charge < -0.3 is 10.1 Å². The Balaban J connectivity index is 1.25. The van der Waals surface area contributed by atoms with Gasteiger partial charge in [-0.05, 0) is 73.9 Å². The number of amides is 3. The smallest absolute Gasteiger partial charge is 0.338 e. The molecule has 2 bridgehead atoms. The Morgan fingerprint density at radius 3 is 2.42 bits per heavy atom. The number of hydrogen-bond donors (Lipinski definition) is 1. The molecule has 1 saturated heterocycles. The number of halogens is 1. The lowest BCUT2D eigenvalue weighted by Gasteiger charge is -2.19. The molecule has 2 aliphatic carbocycles. The molecule has 4 atom stereocenters. The molecule has 0 radical (unpaired) electrons. The molecule has 3 aliphatic rings. The van der Waals surface area contributed by atoms with E-state index in [-0.39, 0.29) is 41.0 Å². The van der Waals surface area contributed by atoms with Crippen LogP contribution in [0, 0.1) is 30.6 Å². The molecule has 7 nitrogen and oxygen atoms in total. The van der Waals surface area contributed by atoms with E-state index in [0.29, 0.717) is 22.0 Å². The van der Waals surface area contributed by atoms with E-state index in [0.717, 1.165) is 19.3 Å². The predicted octanol–water partition coefficient (Wildman–Crippen LogP) is 3.98. The Bertz CT molecular complexity index is 1150. The van der Waals surface area contributed by atoms with Crippen molar-refractivity contribution in [2.24, 2.45) is 23.7 Å². The number of nitrogens with one attached hydrogen (secondary N) is 1. The molecule has 1 heterocycles. The van der Waals surface area contributed by atoms with Crippen molar-refractivity contribution in [1.29, 1.82) is 0 Å². The number of carbonyl (C=O) groups excluding carboxylic acids is 4. The number of imide groups is 1. The SMILES string of the molecule is Cc1c(Cl)cccc1NC(=O)COC(=O)c1cccc(N2C(=O)[C@@H]3[C@H]4CC[C@@H](C4)[C@@H]3C2=O)c1. The van der Waals surface area contributed by atoms with Crippen LogP contribution in [0.15, 0.2) is 42.5 Å². The summed E-state index contributed by atoms with van der Waals surface area (Å²) in [5.74, 6) is -1.44. The fourth-order valence-electron chi connectivity index (χ4n) is 5.58. The number of rotatable bonds is 5. The summed E-state index contributed by atoms with van der Waals surface area (Å²) in [7, 11) is 0. The quantitative estimate of drug-likeness (QED) is 0.531. The van der Waals surface area contributed by atoms with Crippen molar-refractivity contribution in [2.75, 3.05) is 16.8 Å². The van der Waals surface area contributed by atoms with Crippen molar-refractivity contribution < 1.29 is 23.9 Å². The first-order valence-corrected chi connectivity index (χ1v) is 11.4. The number of fused-ring (bicyclic) bond motifs is 5. The summed E-state index contributed by atoms with van der Waals surface area (Å²) in [6.07, 6.45) is 2.97. The first kappa shape index (κ1) is 21.6. The maximum atomic E-state index is 13.0. The van der Waals surface area contributed by atoms with Crippen molar-refractivity contribution >= 4 is 46.7 Å². The molecule has 2 aromatic rings. The Hall–Kier alpha value is -3.19. The second-order valence-electron chi connectivity index (χ2n) is 8.98. The van der Waals surface area contributed by atoms with Crippen LogP contribution in [-0.4, -0.2) is 30.3 Å². The number of ether oxygens (including phenoxy) is 1. The molecule has 5 rings (SSSR count). The minimum Gasteiger partial charge on any atom is -0.452 e. The number of esters is 1. The van der Waals surface area contributed by atoms with Gasteiger partial charge in [0.1, 0.15) is 0 Å². The largest absolute Gasteiger partial charge is 0.452 e. The summed E-state index contributed by atoms with van der Waals surface area (Å²) < 4.78 is 5.15. The van der Waals surface area contributed by atoms with Gasteiger partial charge in [0.25, 0.3) is 5.91 Å². The Morgan fingerprint density at radius 2 is 1.73 bits per heavy atom. The molecule has 0 spiro atoms.